The first-order valence-electron chi connectivity index (χ1n) is 6.17. The van der Waals surface area contributed by atoms with E-state index in [9.17, 15) is 4.79 Å². The summed E-state index contributed by atoms with van der Waals surface area (Å²) in [6.07, 6.45) is 5.95. The van der Waals surface area contributed by atoms with Crippen molar-refractivity contribution >= 4 is 17.7 Å². The lowest BCUT2D eigenvalue weighted by atomic mass is 9.84. The van der Waals surface area contributed by atoms with Crippen LogP contribution < -0.4 is 10.6 Å². The quantitative estimate of drug-likeness (QED) is 0.715. The molecular weight excluding hydrogens is 220 g/mol. The van der Waals surface area contributed by atoms with Crippen LogP contribution in [0.4, 0.5) is 0 Å². The van der Waals surface area contributed by atoms with Gasteiger partial charge in [-0.15, -0.1) is 0 Å². The highest BCUT2D eigenvalue weighted by atomic mass is 32.2. The van der Waals surface area contributed by atoms with Gasteiger partial charge in [-0.2, -0.15) is 11.8 Å². The van der Waals surface area contributed by atoms with Gasteiger partial charge in [0.25, 0.3) is 0 Å². The Balaban J connectivity index is 2.23. The number of thioether (sulfide) groups is 1. The molecule has 0 radical (unpaired) electrons. The van der Waals surface area contributed by atoms with Crippen LogP contribution in [0, 0.1) is 5.92 Å². The van der Waals surface area contributed by atoms with Crippen LogP contribution in [-0.4, -0.2) is 36.5 Å². The van der Waals surface area contributed by atoms with Gasteiger partial charge in [-0.05, 0) is 25.6 Å². The fraction of sp³-hybridized carbons (Fsp3) is 0.917. The number of hydrogen-bond acceptors (Lipinski definition) is 3. The molecule has 3 nitrogen and oxygen atoms in total. The molecule has 1 aliphatic carbocycles. The van der Waals surface area contributed by atoms with Crippen molar-refractivity contribution in [3.63, 3.8) is 0 Å². The van der Waals surface area contributed by atoms with E-state index < -0.39 is 0 Å². The SMILES string of the molecule is CCNCC(C)C(=O)NCC1(SC)CCC1. The fourth-order valence-corrected chi connectivity index (χ4v) is 2.81. The number of hydrogen-bond donors (Lipinski definition) is 2. The molecule has 0 aromatic carbocycles. The minimum absolute atomic E-state index is 0.0685. The van der Waals surface area contributed by atoms with Gasteiger partial charge in [0.15, 0.2) is 0 Å². The molecule has 2 N–H and O–H groups in total. The van der Waals surface area contributed by atoms with E-state index in [0.29, 0.717) is 4.75 Å². The maximum Gasteiger partial charge on any atom is 0.224 e. The first kappa shape index (κ1) is 13.8. The van der Waals surface area contributed by atoms with Crippen LogP contribution in [0.1, 0.15) is 33.1 Å². The van der Waals surface area contributed by atoms with Gasteiger partial charge >= 0.3 is 0 Å². The van der Waals surface area contributed by atoms with E-state index in [1.165, 1.54) is 19.3 Å². The van der Waals surface area contributed by atoms with Crippen LogP contribution in [0.3, 0.4) is 0 Å². The van der Waals surface area contributed by atoms with Crippen molar-refractivity contribution in [3.05, 3.63) is 0 Å². The number of carbonyl (C=O) groups is 1. The van der Waals surface area contributed by atoms with Crippen LogP contribution in [0.15, 0.2) is 0 Å². The van der Waals surface area contributed by atoms with E-state index >= 15 is 0 Å². The molecule has 16 heavy (non-hydrogen) atoms. The second kappa shape index (κ2) is 6.50. The zero-order valence-electron chi connectivity index (χ0n) is 10.6. The van der Waals surface area contributed by atoms with Crippen LogP contribution in [0.2, 0.25) is 0 Å². The maximum atomic E-state index is 11.8. The smallest absolute Gasteiger partial charge is 0.224 e. The Kier molecular flexibility index (Phi) is 5.62. The highest BCUT2D eigenvalue weighted by Gasteiger charge is 2.36. The molecule has 0 aromatic rings. The van der Waals surface area contributed by atoms with E-state index in [1.807, 2.05) is 18.7 Å². The third kappa shape index (κ3) is 3.67. The molecule has 1 amide bonds. The fourth-order valence-electron chi connectivity index (χ4n) is 1.90. The average molecular weight is 244 g/mol. The summed E-state index contributed by atoms with van der Waals surface area (Å²) in [4.78, 5) is 11.8. The molecule has 1 rings (SSSR count). The lowest BCUT2D eigenvalue weighted by Crippen LogP contribution is -2.47. The summed E-state index contributed by atoms with van der Waals surface area (Å²) in [6.45, 7) is 6.57. The molecule has 0 heterocycles. The van der Waals surface area contributed by atoms with Gasteiger partial charge in [0, 0.05) is 23.8 Å². The molecule has 1 saturated carbocycles. The van der Waals surface area contributed by atoms with Crippen molar-refractivity contribution in [2.45, 2.75) is 37.9 Å². The number of rotatable bonds is 7. The van der Waals surface area contributed by atoms with Crippen molar-refractivity contribution in [1.29, 1.82) is 0 Å². The summed E-state index contributed by atoms with van der Waals surface area (Å²) in [5.74, 6) is 0.250. The zero-order chi connectivity index (χ0) is 12.0. The Bertz CT molecular complexity index is 224. The van der Waals surface area contributed by atoms with E-state index in [0.717, 1.165) is 19.6 Å². The van der Waals surface area contributed by atoms with E-state index in [4.69, 9.17) is 0 Å². The molecule has 0 spiro atoms. The van der Waals surface area contributed by atoms with Gasteiger partial charge < -0.3 is 10.6 Å². The molecule has 0 aromatic heterocycles. The van der Waals surface area contributed by atoms with Crippen LogP contribution in [-0.2, 0) is 4.79 Å². The van der Waals surface area contributed by atoms with Crippen molar-refractivity contribution < 1.29 is 4.79 Å². The number of nitrogens with one attached hydrogen (secondary N) is 2. The summed E-state index contributed by atoms with van der Waals surface area (Å²) in [6, 6.07) is 0. The summed E-state index contributed by atoms with van der Waals surface area (Å²) >= 11 is 1.90. The Morgan fingerprint density at radius 1 is 1.50 bits per heavy atom. The highest BCUT2D eigenvalue weighted by molar-refractivity contribution is 8.00. The Hall–Kier alpha value is -0.220. The molecule has 0 saturated heterocycles. The monoisotopic (exact) mass is 244 g/mol. The molecule has 1 unspecified atom stereocenters. The topological polar surface area (TPSA) is 41.1 Å². The lowest BCUT2D eigenvalue weighted by molar-refractivity contribution is -0.124. The third-order valence-corrected chi connectivity index (χ3v) is 4.85. The molecule has 1 fully saturated rings. The molecule has 4 heteroatoms. The minimum atomic E-state index is 0.0685. The van der Waals surface area contributed by atoms with Gasteiger partial charge in [-0.3, -0.25) is 4.79 Å². The summed E-state index contributed by atoms with van der Waals surface area (Å²) < 4.78 is 0.341. The van der Waals surface area contributed by atoms with Crippen LogP contribution >= 0.6 is 11.8 Å². The standard InChI is InChI=1S/C12H24N2OS/c1-4-13-8-10(2)11(15)14-9-12(16-3)6-5-7-12/h10,13H,4-9H2,1-3H3,(H,14,15). The molecule has 0 aliphatic heterocycles. The minimum Gasteiger partial charge on any atom is -0.354 e. The normalized spacial score (nSPS) is 19.9. The second-order valence-corrected chi connectivity index (χ2v) is 5.94. The van der Waals surface area contributed by atoms with Crippen molar-refractivity contribution in [3.8, 4) is 0 Å². The zero-order valence-corrected chi connectivity index (χ0v) is 11.5. The predicted molar refractivity (Wildman–Crippen MR) is 70.8 cm³/mol. The largest absolute Gasteiger partial charge is 0.354 e. The molecule has 1 atom stereocenters. The number of carbonyl (C=O) groups excluding carboxylic acids is 1. The lowest BCUT2D eigenvalue weighted by Gasteiger charge is -2.40. The Morgan fingerprint density at radius 3 is 2.62 bits per heavy atom. The summed E-state index contributed by atoms with van der Waals surface area (Å²) in [5, 5.41) is 6.29. The molecule has 94 valence electrons. The van der Waals surface area contributed by atoms with Gasteiger partial charge in [-0.25, -0.2) is 0 Å². The van der Waals surface area contributed by atoms with Crippen molar-refractivity contribution in [2.75, 3.05) is 25.9 Å². The predicted octanol–water partition coefficient (Wildman–Crippen LogP) is 1.63. The Morgan fingerprint density at radius 2 is 2.19 bits per heavy atom. The van der Waals surface area contributed by atoms with Gasteiger partial charge in [0.1, 0.15) is 0 Å². The Labute approximate surface area is 103 Å². The van der Waals surface area contributed by atoms with E-state index in [2.05, 4.69) is 23.8 Å². The number of amides is 1. The van der Waals surface area contributed by atoms with Crippen molar-refractivity contribution in [2.24, 2.45) is 5.92 Å². The van der Waals surface area contributed by atoms with Gasteiger partial charge in [-0.1, -0.05) is 20.3 Å². The van der Waals surface area contributed by atoms with Crippen LogP contribution in [0.25, 0.3) is 0 Å². The van der Waals surface area contributed by atoms with Gasteiger partial charge in [0.05, 0.1) is 0 Å². The average Bonchev–Trinajstić information content (AvgIpc) is 2.24. The second-order valence-electron chi connectivity index (χ2n) is 4.67. The maximum absolute atomic E-state index is 11.8. The van der Waals surface area contributed by atoms with Gasteiger partial charge in [0.2, 0.25) is 5.91 Å². The molecular formula is C12H24N2OS. The first-order chi connectivity index (χ1) is 7.63. The van der Waals surface area contributed by atoms with Crippen molar-refractivity contribution in [1.82, 2.24) is 10.6 Å². The summed E-state index contributed by atoms with van der Waals surface area (Å²) in [5.41, 5.74) is 0. The first-order valence-corrected chi connectivity index (χ1v) is 7.39. The molecule has 1 aliphatic rings. The third-order valence-electron chi connectivity index (χ3n) is 3.43. The van der Waals surface area contributed by atoms with Crippen LogP contribution in [0.5, 0.6) is 0 Å². The highest BCUT2D eigenvalue weighted by Crippen LogP contribution is 2.42. The summed E-state index contributed by atoms with van der Waals surface area (Å²) in [7, 11) is 0. The van der Waals surface area contributed by atoms with E-state index in [1.54, 1.807) is 0 Å². The van der Waals surface area contributed by atoms with E-state index in [-0.39, 0.29) is 11.8 Å². The molecule has 0 bridgehead atoms.